The van der Waals surface area contributed by atoms with Gasteiger partial charge in [-0.25, -0.2) is 0 Å². The molecule has 1 rings (SSSR count). The SMILES string of the molecule is O=COCCN1C=CON1. The smallest absolute Gasteiger partial charge is 0.293 e. The lowest BCUT2D eigenvalue weighted by atomic mass is 10.6. The molecule has 5 heteroatoms. The molecule has 1 aliphatic rings. The highest BCUT2D eigenvalue weighted by atomic mass is 16.7. The number of carbonyl (C=O) groups is 1. The van der Waals surface area contributed by atoms with Gasteiger partial charge in [0.1, 0.15) is 12.9 Å². The van der Waals surface area contributed by atoms with E-state index < -0.39 is 0 Å². The summed E-state index contributed by atoms with van der Waals surface area (Å²) in [7, 11) is 0. The first kappa shape index (κ1) is 6.88. The average molecular weight is 144 g/mol. The van der Waals surface area contributed by atoms with Crippen LogP contribution < -0.4 is 5.59 Å². The summed E-state index contributed by atoms with van der Waals surface area (Å²) in [5, 5.41) is 1.66. The Kier molecular flexibility index (Phi) is 2.57. The summed E-state index contributed by atoms with van der Waals surface area (Å²) in [5.74, 6) is 0. The van der Waals surface area contributed by atoms with Gasteiger partial charge in [0, 0.05) is 0 Å². The third-order valence-corrected chi connectivity index (χ3v) is 0.997. The number of nitrogens with zero attached hydrogens (tertiary/aromatic N) is 1. The highest BCUT2D eigenvalue weighted by Crippen LogP contribution is 1.92. The molecule has 1 heterocycles. The first-order chi connectivity index (χ1) is 4.93. The van der Waals surface area contributed by atoms with Crippen LogP contribution in [0.4, 0.5) is 0 Å². The van der Waals surface area contributed by atoms with Crippen molar-refractivity contribution in [2.75, 3.05) is 13.2 Å². The van der Waals surface area contributed by atoms with Gasteiger partial charge in [0.05, 0.1) is 12.7 Å². The summed E-state index contributed by atoms with van der Waals surface area (Å²) < 4.78 is 4.44. The standard InChI is InChI=1S/C5H8N2O3/c8-5-9-3-1-7-2-4-10-6-7/h2,4-6H,1,3H2. The Morgan fingerprint density at radius 2 is 2.70 bits per heavy atom. The van der Waals surface area contributed by atoms with Crippen LogP contribution in [0, 0.1) is 0 Å². The van der Waals surface area contributed by atoms with Gasteiger partial charge < -0.3 is 9.57 Å². The van der Waals surface area contributed by atoms with Gasteiger partial charge >= 0.3 is 0 Å². The molecule has 5 nitrogen and oxygen atoms in total. The van der Waals surface area contributed by atoms with Gasteiger partial charge in [-0.1, -0.05) is 5.59 Å². The van der Waals surface area contributed by atoms with Crippen molar-refractivity contribution < 1.29 is 14.4 Å². The number of rotatable bonds is 4. The lowest BCUT2D eigenvalue weighted by molar-refractivity contribution is -0.129. The topological polar surface area (TPSA) is 50.8 Å². The second-order valence-corrected chi connectivity index (χ2v) is 1.65. The van der Waals surface area contributed by atoms with E-state index in [1.807, 2.05) is 0 Å². The summed E-state index contributed by atoms with van der Waals surface area (Å²) in [6.45, 7) is 1.35. The van der Waals surface area contributed by atoms with Gasteiger partial charge in [-0.15, -0.1) is 0 Å². The third-order valence-electron chi connectivity index (χ3n) is 0.997. The van der Waals surface area contributed by atoms with Crippen molar-refractivity contribution in [2.45, 2.75) is 0 Å². The Morgan fingerprint density at radius 1 is 1.80 bits per heavy atom. The van der Waals surface area contributed by atoms with Gasteiger partial charge in [-0.05, 0) is 0 Å². The molecule has 0 bridgehead atoms. The summed E-state index contributed by atoms with van der Waals surface area (Å²) in [6.07, 6.45) is 3.20. The third kappa shape index (κ3) is 1.94. The molecule has 0 aromatic heterocycles. The highest BCUT2D eigenvalue weighted by molar-refractivity contribution is 5.36. The molecule has 0 aromatic carbocycles. The Morgan fingerprint density at radius 3 is 3.30 bits per heavy atom. The predicted octanol–water partition coefficient (Wildman–Crippen LogP) is -0.618. The zero-order valence-corrected chi connectivity index (χ0v) is 5.32. The number of nitrogens with one attached hydrogen (secondary N) is 1. The largest absolute Gasteiger partial charge is 0.466 e. The lowest BCUT2D eigenvalue weighted by Gasteiger charge is -2.11. The maximum Gasteiger partial charge on any atom is 0.293 e. The zero-order chi connectivity index (χ0) is 7.23. The van der Waals surface area contributed by atoms with E-state index in [9.17, 15) is 4.79 Å². The molecule has 0 spiro atoms. The summed E-state index contributed by atoms with van der Waals surface area (Å²) in [6, 6.07) is 0. The number of hydrogen-bond donors (Lipinski definition) is 1. The van der Waals surface area contributed by atoms with Crippen LogP contribution in [0.15, 0.2) is 12.5 Å². The first-order valence-electron chi connectivity index (χ1n) is 2.83. The molecule has 0 atom stereocenters. The maximum absolute atomic E-state index is 9.67. The molecule has 0 amide bonds. The van der Waals surface area contributed by atoms with Crippen molar-refractivity contribution in [2.24, 2.45) is 0 Å². The summed E-state index contributed by atoms with van der Waals surface area (Å²) in [5.41, 5.74) is 2.54. The second kappa shape index (κ2) is 3.73. The normalized spacial score (nSPS) is 15.0. The van der Waals surface area contributed by atoms with Crippen LogP contribution in [0.1, 0.15) is 0 Å². The van der Waals surface area contributed by atoms with Crippen molar-refractivity contribution >= 4 is 6.47 Å². The molecule has 0 saturated heterocycles. The Labute approximate surface area is 58.1 Å². The molecule has 1 N–H and O–H groups in total. The van der Waals surface area contributed by atoms with Crippen molar-refractivity contribution in [1.29, 1.82) is 0 Å². The highest BCUT2D eigenvalue weighted by Gasteiger charge is 2.02. The average Bonchev–Trinajstić information content (AvgIpc) is 2.41. The molecule has 56 valence electrons. The Balaban J connectivity index is 2.02. The van der Waals surface area contributed by atoms with E-state index in [0.29, 0.717) is 19.6 Å². The van der Waals surface area contributed by atoms with Crippen LogP contribution in [0.5, 0.6) is 0 Å². The van der Waals surface area contributed by atoms with Crippen LogP contribution in [-0.4, -0.2) is 24.6 Å². The Hall–Kier alpha value is -1.23. The first-order valence-corrected chi connectivity index (χ1v) is 2.83. The minimum absolute atomic E-state index is 0.351. The van der Waals surface area contributed by atoms with E-state index in [-0.39, 0.29) is 0 Å². The predicted molar refractivity (Wildman–Crippen MR) is 32.1 cm³/mol. The molecule has 0 unspecified atom stereocenters. The van der Waals surface area contributed by atoms with Gasteiger partial charge in [-0.3, -0.25) is 9.80 Å². The number of ether oxygens (including phenoxy) is 1. The van der Waals surface area contributed by atoms with Crippen LogP contribution >= 0.6 is 0 Å². The zero-order valence-electron chi connectivity index (χ0n) is 5.32. The molecule has 0 radical (unpaired) electrons. The fraction of sp³-hybridized carbons (Fsp3) is 0.400. The maximum atomic E-state index is 9.67. The van der Waals surface area contributed by atoms with Crippen molar-refractivity contribution in [3.63, 3.8) is 0 Å². The van der Waals surface area contributed by atoms with Crippen LogP contribution in [0.2, 0.25) is 0 Å². The van der Waals surface area contributed by atoms with Gasteiger partial charge in [0.2, 0.25) is 0 Å². The minimum atomic E-state index is 0.351. The molecule has 0 saturated carbocycles. The molecule has 0 aromatic rings. The molecule has 10 heavy (non-hydrogen) atoms. The van der Waals surface area contributed by atoms with Crippen LogP contribution in [0.3, 0.4) is 0 Å². The quantitative estimate of drug-likeness (QED) is 0.421. The van der Waals surface area contributed by atoms with Gasteiger partial charge in [-0.2, -0.15) is 0 Å². The van der Waals surface area contributed by atoms with E-state index in [2.05, 4.69) is 15.2 Å². The van der Waals surface area contributed by atoms with Crippen molar-refractivity contribution in [1.82, 2.24) is 10.6 Å². The van der Waals surface area contributed by atoms with E-state index in [1.54, 1.807) is 11.2 Å². The summed E-state index contributed by atoms with van der Waals surface area (Å²) >= 11 is 0. The minimum Gasteiger partial charge on any atom is -0.466 e. The van der Waals surface area contributed by atoms with E-state index >= 15 is 0 Å². The van der Waals surface area contributed by atoms with Crippen LogP contribution in [0.25, 0.3) is 0 Å². The number of hydrazine groups is 1. The summed E-state index contributed by atoms with van der Waals surface area (Å²) in [4.78, 5) is 14.3. The fourth-order valence-electron chi connectivity index (χ4n) is 0.552. The van der Waals surface area contributed by atoms with E-state index in [1.165, 1.54) is 6.26 Å². The molecule has 1 aliphatic heterocycles. The van der Waals surface area contributed by atoms with E-state index in [4.69, 9.17) is 0 Å². The molecule has 0 aliphatic carbocycles. The second-order valence-electron chi connectivity index (χ2n) is 1.65. The van der Waals surface area contributed by atoms with Crippen molar-refractivity contribution in [3.8, 4) is 0 Å². The Bertz CT molecular complexity index is 137. The molecular weight excluding hydrogens is 136 g/mol. The lowest BCUT2D eigenvalue weighted by Crippen LogP contribution is -2.30. The number of hydrogen-bond acceptors (Lipinski definition) is 5. The van der Waals surface area contributed by atoms with Crippen LogP contribution in [-0.2, 0) is 14.4 Å². The molecular formula is C5H8N2O3. The van der Waals surface area contributed by atoms with E-state index in [0.717, 1.165) is 0 Å². The van der Waals surface area contributed by atoms with Gasteiger partial charge in [0.25, 0.3) is 6.47 Å². The van der Waals surface area contributed by atoms with Gasteiger partial charge in [0.15, 0.2) is 0 Å². The number of carbonyl (C=O) groups excluding carboxylic acids is 1. The molecule has 0 fully saturated rings. The fourth-order valence-corrected chi connectivity index (χ4v) is 0.552. The monoisotopic (exact) mass is 144 g/mol. The van der Waals surface area contributed by atoms with Crippen molar-refractivity contribution in [3.05, 3.63) is 12.5 Å².